The summed E-state index contributed by atoms with van der Waals surface area (Å²) in [5.41, 5.74) is 0.800. The van der Waals surface area contributed by atoms with Crippen LogP contribution in [-0.4, -0.2) is 18.2 Å². The third-order valence-corrected chi connectivity index (χ3v) is 5.08. The fraction of sp³-hybridized carbons (Fsp3) is 0.625. The summed E-state index contributed by atoms with van der Waals surface area (Å²) >= 11 is 0. The van der Waals surface area contributed by atoms with Gasteiger partial charge in [-0.25, -0.2) is 4.39 Å². The minimum Gasteiger partial charge on any atom is -0.384 e. The molecular weight excluding hydrogens is 241 g/mol. The Kier molecular flexibility index (Phi) is 2.95. The fourth-order valence-corrected chi connectivity index (χ4v) is 4.05. The molecule has 3 heteroatoms. The minimum atomic E-state index is -0.896. The Balaban J connectivity index is 2.09. The van der Waals surface area contributed by atoms with Crippen LogP contribution in [0.4, 0.5) is 4.39 Å². The number of hydrogen-bond acceptors (Lipinski definition) is 2. The number of halogens is 1. The lowest BCUT2D eigenvalue weighted by Gasteiger charge is -2.45. The molecular formula is C16H22FNO. The molecule has 3 rings (SSSR count). The van der Waals surface area contributed by atoms with Crippen molar-refractivity contribution in [1.29, 1.82) is 0 Å². The van der Waals surface area contributed by atoms with Crippen molar-refractivity contribution in [3.05, 3.63) is 35.1 Å². The topological polar surface area (TPSA) is 32.3 Å². The van der Waals surface area contributed by atoms with E-state index < -0.39 is 5.60 Å². The molecule has 2 nitrogen and oxygen atoms in total. The van der Waals surface area contributed by atoms with Crippen molar-refractivity contribution in [2.45, 2.75) is 38.7 Å². The lowest BCUT2D eigenvalue weighted by molar-refractivity contribution is -0.115. The maximum atomic E-state index is 13.6. The molecule has 0 spiro atoms. The van der Waals surface area contributed by atoms with Gasteiger partial charge in [0.1, 0.15) is 5.82 Å². The van der Waals surface area contributed by atoms with Crippen LogP contribution in [0, 0.1) is 17.2 Å². The first-order valence-corrected chi connectivity index (χ1v) is 7.17. The largest absolute Gasteiger partial charge is 0.384 e. The average molecular weight is 263 g/mol. The van der Waals surface area contributed by atoms with Gasteiger partial charge < -0.3 is 10.4 Å². The fourth-order valence-electron chi connectivity index (χ4n) is 4.05. The zero-order valence-electron chi connectivity index (χ0n) is 11.7. The predicted molar refractivity (Wildman–Crippen MR) is 73.4 cm³/mol. The van der Waals surface area contributed by atoms with E-state index in [9.17, 15) is 9.50 Å². The first-order valence-electron chi connectivity index (χ1n) is 7.17. The van der Waals surface area contributed by atoms with Gasteiger partial charge >= 0.3 is 0 Å². The van der Waals surface area contributed by atoms with Crippen LogP contribution in [0.25, 0.3) is 0 Å². The lowest BCUT2D eigenvalue weighted by Crippen LogP contribution is -2.48. The molecule has 0 radical (unpaired) electrons. The Morgan fingerprint density at radius 1 is 1.26 bits per heavy atom. The van der Waals surface area contributed by atoms with Crippen LogP contribution in [0.3, 0.4) is 0 Å². The zero-order chi connectivity index (χ0) is 13.7. The van der Waals surface area contributed by atoms with Crippen LogP contribution in [0.5, 0.6) is 0 Å². The van der Waals surface area contributed by atoms with Crippen LogP contribution in [0.2, 0.25) is 0 Å². The van der Waals surface area contributed by atoms with E-state index in [0.29, 0.717) is 0 Å². The summed E-state index contributed by atoms with van der Waals surface area (Å²) in [6.45, 7) is 6.08. The summed E-state index contributed by atoms with van der Waals surface area (Å²) in [4.78, 5) is 0. The SMILES string of the molecule is CC1(C)Cc2ccc(F)cc2C1(O)C1CCNCC1. The molecule has 0 aromatic heterocycles. The predicted octanol–water partition coefficient (Wildman–Crippen LogP) is 2.60. The van der Waals surface area contributed by atoms with E-state index in [2.05, 4.69) is 19.2 Å². The molecule has 1 aliphatic carbocycles. The molecule has 1 aromatic carbocycles. The van der Waals surface area contributed by atoms with Crippen molar-refractivity contribution in [3.63, 3.8) is 0 Å². The van der Waals surface area contributed by atoms with E-state index >= 15 is 0 Å². The van der Waals surface area contributed by atoms with E-state index in [1.54, 1.807) is 6.07 Å². The second-order valence-electron chi connectivity index (χ2n) is 6.65. The third kappa shape index (κ3) is 1.83. The normalized spacial score (nSPS) is 30.3. The molecule has 0 amide bonds. The summed E-state index contributed by atoms with van der Waals surface area (Å²) in [6.07, 6.45) is 2.73. The second-order valence-corrected chi connectivity index (χ2v) is 6.65. The second kappa shape index (κ2) is 4.29. The standard InChI is InChI=1S/C16H22FNO/c1-15(2)10-11-3-4-13(17)9-14(11)16(15,19)12-5-7-18-8-6-12/h3-4,9,12,18-19H,5-8,10H2,1-2H3. The summed E-state index contributed by atoms with van der Waals surface area (Å²) in [5, 5.41) is 14.8. The van der Waals surface area contributed by atoms with Crippen molar-refractivity contribution in [2.75, 3.05) is 13.1 Å². The van der Waals surface area contributed by atoms with Gasteiger partial charge in [0.15, 0.2) is 0 Å². The Morgan fingerprint density at radius 3 is 2.63 bits per heavy atom. The Morgan fingerprint density at radius 2 is 1.95 bits per heavy atom. The molecule has 1 saturated heterocycles. The molecule has 0 bridgehead atoms. The van der Waals surface area contributed by atoms with E-state index in [0.717, 1.165) is 43.5 Å². The smallest absolute Gasteiger partial charge is 0.123 e. The number of aliphatic hydroxyl groups is 1. The van der Waals surface area contributed by atoms with Crippen LogP contribution in [0.1, 0.15) is 37.8 Å². The zero-order valence-corrected chi connectivity index (χ0v) is 11.7. The lowest BCUT2D eigenvalue weighted by atomic mass is 9.65. The molecule has 19 heavy (non-hydrogen) atoms. The van der Waals surface area contributed by atoms with Crippen molar-refractivity contribution < 1.29 is 9.50 Å². The number of hydrogen-bond donors (Lipinski definition) is 2. The highest BCUT2D eigenvalue weighted by molar-refractivity contribution is 5.41. The van der Waals surface area contributed by atoms with Gasteiger partial charge in [-0.1, -0.05) is 19.9 Å². The molecule has 104 valence electrons. The van der Waals surface area contributed by atoms with Gasteiger partial charge in [-0.15, -0.1) is 0 Å². The molecule has 1 aromatic rings. The summed E-state index contributed by atoms with van der Waals surface area (Å²) in [7, 11) is 0. The maximum Gasteiger partial charge on any atom is 0.123 e. The molecule has 2 N–H and O–H groups in total. The molecule has 1 heterocycles. The monoisotopic (exact) mass is 263 g/mol. The average Bonchev–Trinajstić information content (AvgIpc) is 2.60. The van der Waals surface area contributed by atoms with E-state index in [4.69, 9.17) is 0 Å². The molecule has 0 saturated carbocycles. The van der Waals surface area contributed by atoms with Crippen LogP contribution in [0.15, 0.2) is 18.2 Å². The van der Waals surface area contributed by atoms with Gasteiger partial charge in [-0.05, 0) is 61.5 Å². The summed E-state index contributed by atoms with van der Waals surface area (Å²) in [5.74, 6) is -0.0318. The van der Waals surface area contributed by atoms with Crippen LogP contribution in [-0.2, 0) is 12.0 Å². The van der Waals surface area contributed by atoms with Crippen molar-refractivity contribution in [3.8, 4) is 0 Å². The van der Waals surface area contributed by atoms with Gasteiger partial charge in [0.2, 0.25) is 0 Å². The van der Waals surface area contributed by atoms with Crippen molar-refractivity contribution >= 4 is 0 Å². The molecule has 1 fully saturated rings. The van der Waals surface area contributed by atoms with Crippen LogP contribution < -0.4 is 5.32 Å². The highest BCUT2D eigenvalue weighted by Crippen LogP contribution is 2.55. The Bertz CT molecular complexity index is 494. The highest BCUT2D eigenvalue weighted by Gasteiger charge is 2.55. The van der Waals surface area contributed by atoms with Crippen molar-refractivity contribution in [2.24, 2.45) is 11.3 Å². The molecule has 1 atom stereocenters. The number of nitrogens with one attached hydrogen (secondary N) is 1. The number of rotatable bonds is 1. The molecule has 2 aliphatic rings. The first-order chi connectivity index (χ1) is 8.95. The van der Waals surface area contributed by atoms with Gasteiger partial charge in [-0.3, -0.25) is 0 Å². The maximum absolute atomic E-state index is 13.6. The van der Waals surface area contributed by atoms with Gasteiger partial charge in [0.25, 0.3) is 0 Å². The van der Waals surface area contributed by atoms with Crippen LogP contribution >= 0.6 is 0 Å². The molecule has 1 unspecified atom stereocenters. The van der Waals surface area contributed by atoms with E-state index in [1.807, 2.05) is 6.07 Å². The number of piperidine rings is 1. The quantitative estimate of drug-likeness (QED) is 0.816. The third-order valence-electron chi connectivity index (χ3n) is 5.08. The van der Waals surface area contributed by atoms with Gasteiger partial charge in [-0.2, -0.15) is 0 Å². The minimum absolute atomic E-state index is 0.215. The molecule has 1 aliphatic heterocycles. The summed E-state index contributed by atoms with van der Waals surface area (Å²) < 4.78 is 13.6. The van der Waals surface area contributed by atoms with E-state index in [-0.39, 0.29) is 17.2 Å². The van der Waals surface area contributed by atoms with Gasteiger partial charge in [0, 0.05) is 5.41 Å². The Labute approximate surface area is 114 Å². The highest BCUT2D eigenvalue weighted by atomic mass is 19.1. The summed E-state index contributed by atoms with van der Waals surface area (Å²) in [6, 6.07) is 4.89. The Hall–Kier alpha value is -0.930. The van der Waals surface area contributed by atoms with Crippen molar-refractivity contribution in [1.82, 2.24) is 5.32 Å². The number of benzene rings is 1. The van der Waals surface area contributed by atoms with E-state index in [1.165, 1.54) is 6.07 Å². The number of fused-ring (bicyclic) bond motifs is 1. The first kappa shape index (κ1) is 13.1. The van der Waals surface area contributed by atoms with Gasteiger partial charge in [0.05, 0.1) is 5.60 Å².